The van der Waals surface area contributed by atoms with Gasteiger partial charge in [-0.15, -0.1) is 0 Å². The average molecular weight is 261 g/mol. The molecule has 0 radical (unpaired) electrons. The van der Waals surface area contributed by atoms with Gasteiger partial charge in [-0.1, -0.05) is 0 Å². The van der Waals surface area contributed by atoms with Gasteiger partial charge in [0.1, 0.15) is 5.82 Å². The largest absolute Gasteiger partial charge is 0.493 e. The van der Waals surface area contributed by atoms with Gasteiger partial charge in [0.05, 0.1) is 5.69 Å². The number of fused-ring (bicyclic) bond motifs is 1. The van der Waals surface area contributed by atoms with Crippen molar-refractivity contribution in [3.05, 3.63) is 18.2 Å². The minimum absolute atomic E-state index is 0.0584. The van der Waals surface area contributed by atoms with E-state index in [0.717, 1.165) is 0 Å². The molecule has 1 aliphatic heterocycles. The van der Waals surface area contributed by atoms with Crippen molar-refractivity contribution < 1.29 is 19.5 Å². The number of hydrogen-bond donors (Lipinski definition) is 3. The van der Waals surface area contributed by atoms with E-state index in [0.29, 0.717) is 28.6 Å². The van der Waals surface area contributed by atoms with Crippen molar-refractivity contribution in [3.8, 4) is 22.8 Å². The highest BCUT2D eigenvalue weighted by atomic mass is 16.7. The Morgan fingerprint density at radius 2 is 2.16 bits per heavy atom. The summed E-state index contributed by atoms with van der Waals surface area (Å²) in [7, 11) is 0.0239. The number of benzene rings is 1. The Kier molecular flexibility index (Phi) is 2.61. The van der Waals surface area contributed by atoms with E-state index in [2.05, 4.69) is 5.10 Å². The van der Waals surface area contributed by atoms with Gasteiger partial charge in [-0.2, -0.15) is 5.10 Å². The van der Waals surface area contributed by atoms with E-state index in [1.807, 2.05) is 0 Å². The fourth-order valence-corrected chi connectivity index (χ4v) is 2.09. The van der Waals surface area contributed by atoms with Gasteiger partial charge in [-0.3, -0.25) is 4.68 Å². The zero-order valence-corrected chi connectivity index (χ0v) is 10.2. The normalized spacial score (nSPS) is 12.8. The van der Waals surface area contributed by atoms with E-state index in [4.69, 9.17) is 15.2 Å². The lowest BCUT2D eigenvalue weighted by Gasteiger charge is -2.09. The third-order valence-electron chi connectivity index (χ3n) is 3.03. The highest BCUT2D eigenvalue weighted by Crippen LogP contribution is 2.34. The van der Waals surface area contributed by atoms with Gasteiger partial charge >= 0.3 is 7.12 Å². The molecule has 19 heavy (non-hydrogen) atoms. The van der Waals surface area contributed by atoms with E-state index >= 15 is 0 Å². The Morgan fingerprint density at radius 1 is 1.37 bits per heavy atom. The van der Waals surface area contributed by atoms with Crippen molar-refractivity contribution >= 4 is 18.4 Å². The molecular weight excluding hydrogens is 249 g/mol. The second-order valence-electron chi connectivity index (χ2n) is 4.21. The number of ether oxygens (including phenoxy) is 2. The van der Waals surface area contributed by atoms with Crippen LogP contribution < -0.4 is 20.7 Å². The molecule has 0 atom stereocenters. The monoisotopic (exact) mass is 261 g/mol. The molecule has 2 heterocycles. The highest BCUT2D eigenvalue weighted by Gasteiger charge is 2.29. The van der Waals surface area contributed by atoms with Crippen molar-refractivity contribution in [1.29, 1.82) is 0 Å². The van der Waals surface area contributed by atoms with Crippen LogP contribution >= 0.6 is 0 Å². The van der Waals surface area contributed by atoms with Crippen LogP contribution in [0.15, 0.2) is 18.2 Å². The zero-order chi connectivity index (χ0) is 13.6. The maximum absolute atomic E-state index is 9.56. The Morgan fingerprint density at radius 3 is 2.79 bits per heavy atom. The lowest BCUT2D eigenvalue weighted by atomic mass is 9.75. The first-order valence-corrected chi connectivity index (χ1v) is 5.66. The molecule has 0 aliphatic carbocycles. The first-order chi connectivity index (χ1) is 9.08. The molecule has 0 amide bonds. The van der Waals surface area contributed by atoms with Crippen molar-refractivity contribution in [2.45, 2.75) is 0 Å². The average Bonchev–Trinajstić information content (AvgIpc) is 2.95. The van der Waals surface area contributed by atoms with Crippen molar-refractivity contribution in [3.63, 3.8) is 0 Å². The maximum Gasteiger partial charge on any atom is 0.493 e. The minimum atomic E-state index is -1.69. The number of nitrogen functional groups attached to an aromatic ring is 1. The molecule has 0 fully saturated rings. The summed E-state index contributed by atoms with van der Waals surface area (Å²) < 4.78 is 12.0. The van der Waals surface area contributed by atoms with Crippen molar-refractivity contribution in [1.82, 2.24) is 9.78 Å². The minimum Gasteiger partial charge on any atom is -0.454 e. The van der Waals surface area contributed by atoms with Gasteiger partial charge in [0.2, 0.25) is 6.79 Å². The fourth-order valence-electron chi connectivity index (χ4n) is 2.09. The van der Waals surface area contributed by atoms with E-state index in [-0.39, 0.29) is 12.3 Å². The first kappa shape index (κ1) is 11.9. The van der Waals surface area contributed by atoms with Crippen molar-refractivity contribution in [2.24, 2.45) is 7.05 Å². The van der Waals surface area contributed by atoms with E-state index in [1.54, 1.807) is 25.2 Å². The van der Waals surface area contributed by atoms with Crippen LogP contribution in [0.3, 0.4) is 0 Å². The molecule has 0 unspecified atom stereocenters. The second kappa shape index (κ2) is 4.18. The Labute approximate surface area is 109 Å². The predicted molar refractivity (Wildman–Crippen MR) is 69.0 cm³/mol. The van der Waals surface area contributed by atoms with Gasteiger partial charge < -0.3 is 25.3 Å². The Hall–Kier alpha value is -2.19. The molecule has 2 aromatic rings. The van der Waals surface area contributed by atoms with Gasteiger partial charge in [0.25, 0.3) is 0 Å². The number of nitrogens with zero attached hydrogens (tertiary/aromatic N) is 2. The molecule has 0 bridgehead atoms. The van der Waals surface area contributed by atoms with Crippen LogP contribution in [-0.4, -0.2) is 33.7 Å². The summed E-state index contributed by atoms with van der Waals surface area (Å²) >= 11 is 0. The van der Waals surface area contributed by atoms with Gasteiger partial charge in [0, 0.05) is 24.1 Å². The highest BCUT2D eigenvalue weighted by molar-refractivity contribution is 6.61. The number of nitrogens with two attached hydrogens (primary N) is 1. The lowest BCUT2D eigenvalue weighted by Crippen LogP contribution is -2.32. The molecule has 1 aliphatic rings. The zero-order valence-electron chi connectivity index (χ0n) is 10.2. The second-order valence-corrected chi connectivity index (χ2v) is 4.21. The Balaban J connectivity index is 2.21. The van der Waals surface area contributed by atoms with Crippen LogP contribution in [0.5, 0.6) is 11.5 Å². The summed E-state index contributed by atoms with van der Waals surface area (Å²) in [6.45, 7) is 0.0584. The summed E-state index contributed by atoms with van der Waals surface area (Å²) in [6.07, 6.45) is 0. The van der Waals surface area contributed by atoms with Crippen LogP contribution in [0.4, 0.5) is 5.82 Å². The number of aryl methyl sites for hydroxylation is 1. The summed E-state index contributed by atoms with van der Waals surface area (Å²) in [5.41, 5.74) is 7.06. The molecule has 1 aromatic heterocycles. The molecule has 7 nitrogen and oxygen atoms in total. The van der Waals surface area contributed by atoms with Crippen LogP contribution in [0.2, 0.25) is 0 Å². The van der Waals surface area contributed by atoms with Gasteiger partial charge in [-0.25, -0.2) is 0 Å². The predicted octanol–water partition coefficient (Wildman–Crippen LogP) is -0.922. The Bertz CT molecular complexity index is 622. The summed E-state index contributed by atoms with van der Waals surface area (Å²) in [5, 5.41) is 23.3. The lowest BCUT2D eigenvalue weighted by molar-refractivity contribution is 0.174. The van der Waals surface area contributed by atoms with E-state index < -0.39 is 7.12 Å². The van der Waals surface area contributed by atoms with Gasteiger partial charge in [0.15, 0.2) is 11.5 Å². The van der Waals surface area contributed by atoms with E-state index in [9.17, 15) is 10.0 Å². The summed E-state index contributed by atoms with van der Waals surface area (Å²) in [4.78, 5) is 0. The summed E-state index contributed by atoms with van der Waals surface area (Å²) in [5.74, 6) is 1.29. The smallest absolute Gasteiger partial charge is 0.454 e. The number of hydrogen-bond acceptors (Lipinski definition) is 6. The molecule has 8 heteroatoms. The molecular formula is C11H12BN3O4. The van der Waals surface area contributed by atoms with Crippen LogP contribution in [0, 0.1) is 0 Å². The molecule has 1 aromatic carbocycles. The molecule has 98 valence electrons. The maximum atomic E-state index is 9.56. The van der Waals surface area contributed by atoms with Gasteiger partial charge in [-0.05, 0) is 12.1 Å². The third kappa shape index (κ3) is 1.81. The summed E-state index contributed by atoms with van der Waals surface area (Å²) in [6, 6.07) is 5.06. The molecule has 3 rings (SSSR count). The molecule has 0 spiro atoms. The van der Waals surface area contributed by atoms with Crippen LogP contribution in [-0.2, 0) is 7.05 Å². The third-order valence-corrected chi connectivity index (χ3v) is 3.03. The molecule has 0 saturated carbocycles. The van der Waals surface area contributed by atoms with Crippen LogP contribution in [0.1, 0.15) is 0 Å². The van der Waals surface area contributed by atoms with Crippen LogP contribution in [0.25, 0.3) is 11.3 Å². The quantitative estimate of drug-likeness (QED) is 0.604. The first-order valence-electron chi connectivity index (χ1n) is 5.66. The number of anilines is 1. The van der Waals surface area contributed by atoms with Crippen molar-refractivity contribution in [2.75, 3.05) is 12.5 Å². The standard InChI is InChI=1S/C11H12BN3O4/c1-15-9(13)4-7(14-15)6-2-3-8-11(19-5-18-8)10(6)12(16)17/h2-4,16-17H,5,13H2,1H3. The number of rotatable bonds is 2. The SMILES string of the molecule is Cn1nc(-c2ccc3c(c2B(O)O)OCO3)cc1N. The number of aromatic nitrogens is 2. The molecule has 4 N–H and O–H groups in total. The molecule has 0 saturated heterocycles. The van der Waals surface area contributed by atoms with E-state index in [1.165, 1.54) is 4.68 Å². The topological polar surface area (TPSA) is 103 Å². The fraction of sp³-hybridized carbons (Fsp3) is 0.182.